The summed E-state index contributed by atoms with van der Waals surface area (Å²) in [5.41, 5.74) is 1.44. The number of rotatable bonds is 3. The highest BCUT2D eigenvalue weighted by molar-refractivity contribution is 5.81. The molecule has 1 fully saturated rings. The maximum Gasteiger partial charge on any atom is 0.410 e. The third kappa shape index (κ3) is 2.72. The number of carbonyl (C=O) groups is 1. The number of anilines is 1. The van der Waals surface area contributed by atoms with Gasteiger partial charge in [0.1, 0.15) is 5.82 Å². The number of amides is 1. The van der Waals surface area contributed by atoms with Crippen LogP contribution in [0, 0.1) is 0 Å². The number of nitrogens with zero attached hydrogens (tertiary/aromatic N) is 1. The average Bonchev–Trinajstić information content (AvgIpc) is 2.81. The predicted octanol–water partition coefficient (Wildman–Crippen LogP) is 1.17. The quantitative estimate of drug-likeness (QED) is 0.735. The lowest BCUT2D eigenvalue weighted by atomic mass is 9.97. The summed E-state index contributed by atoms with van der Waals surface area (Å²) in [5, 5.41) is 20.0. The van der Waals surface area contributed by atoms with Crippen LogP contribution in [0.1, 0.15) is 23.6 Å². The van der Waals surface area contributed by atoms with Gasteiger partial charge in [0, 0.05) is 12.5 Å². The first kappa shape index (κ1) is 11.8. The molecule has 1 saturated heterocycles. The predicted molar refractivity (Wildman–Crippen MR) is 60.0 cm³/mol. The minimum atomic E-state index is -1.17. The van der Waals surface area contributed by atoms with E-state index in [2.05, 4.69) is 10.3 Å². The molecule has 0 bridgehead atoms. The summed E-state index contributed by atoms with van der Waals surface area (Å²) in [6.45, 7) is 1.13. The van der Waals surface area contributed by atoms with Crippen molar-refractivity contribution in [1.29, 1.82) is 0 Å². The molecule has 6 nitrogen and oxygen atoms in total. The first-order valence-corrected chi connectivity index (χ1v) is 5.39. The van der Waals surface area contributed by atoms with E-state index >= 15 is 0 Å². The second-order valence-electron chi connectivity index (χ2n) is 3.88. The van der Waals surface area contributed by atoms with Crippen molar-refractivity contribution in [2.45, 2.75) is 18.9 Å². The Kier molecular flexibility index (Phi) is 3.55. The van der Waals surface area contributed by atoms with E-state index in [0.717, 1.165) is 12.0 Å². The maximum absolute atomic E-state index is 10.5. The van der Waals surface area contributed by atoms with Crippen molar-refractivity contribution in [3.63, 3.8) is 0 Å². The number of pyridine rings is 1. The fourth-order valence-corrected chi connectivity index (χ4v) is 1.97. The van der Waals surface area contributed by atoms with Crippen LogP contribution >= 0.6 is 0 Å². The first-order chi connectivity index (χ1) is 8.20. The lowest BCUT2D eigenvalue weighted by Gasteiger charge is -2.13. The van der Waals surface area contributed by atoms with Gasteiger partial charge in [0.25, 0.3) is 0 Å². The molecular formula is C11H14N2O4. The zero-order chi connectivity index (χ0) is 12.3. The Morgan fingerprint density at radius 2 is 2.41 bits per heavy atom. The van der Waals surface area contributed by atoms with E-state index in [9.17, 15) is 9.90 Å². The Morgan fingerprint density at radius 3 is 3.00 bits per heavy atom. The lowest BCUT2D eigenvalue weighted by molar-refractivity contribution is 0.193. The van der Waals surface area contributed by atoms with E-state index < -0.39 is 6.09 Å². The molecule has 1 aliphatic rings. The Morgan fingerprint density at radius 1 is 1.59 bits per heavy atom. The third-order valence-corrected chi connectivity index (χ3v) is 2.76. The maximum atomic E-state index is 10.5. The smallest absolute Gasteiger partial charge is 0.410 e. The van der Waals surface area contributed by atoms with E-state index in [1.165, 1.54) is 0 Å². The number of aliphatic hydroxyl groups is 1. The molecule has 3 N–H and O–H groups in total. The number of hydrogen-bond donors (Lipinski definition) is 3. The zero-order valence-corrected chi connectivity index (χ0v) is 9.22. The summed E-state index contributed by atoms with van der Waals surface area (Å²) in [6.07, 6.45) is -0.265. The van der Waals surface area contributed by atoms with E-state index in [-0.39, 0.29) is 18.3 Å². The topological polar surface area (TPSA) is 91.7 Å². The van der Waals surface area contributed by atoms with Crippen molar-refractivity contribution in [2.75, 3.05) is 18.5 Å². The highest BCUT2D eigenvalue weighted by Crippen LogP contribution is 2.28. The molecule has 6 heteroatoms. The molecule has 1 amide bonds. The van der Waals surface area contributed by atoms with Gasteiger partial charge in [-0.3, -0.25) is 5.32 Å². The van der Waals surface area contributed by atoms with Crippen LogP contribution < -0.4 is 5.32 Å². The van der Waals surface area contributed by atoms with Crippen molar-refractivity contribution < 1.29 is 19.7 Å². The second kappa shape index (κ2) is 5.11. The molecule has 17 heavy (non-hydrogen) atoms. The van der Waals surface area contributed by atoms with Crippen LogP contribution in [0.3, 0.4) is 0 Å². The molecule has 1 unspecified atom stereocenters. The number of hydrogen-bond acceptors (Lipinski definition) is 4. The molecule has 0 radical (unpaired) electrons. The molecular weight excluding hydrogens is 224 g/mol. The fraction of sp³-hybridized carbons (Fsp3) is 0.455. The molecule has 0 spiro atoms. The van der Waals surface area contributed by atoms with Gasteiger partial charge in [0.2, 0.25) is 0 Å². The SMILES string of the molecule is O=C(O)Nc1ccc(C2CCOC2)c(CO)n1. The molecule has 0 saturated carbocycles. The monoisotopic (exact) mass is 238 g/mol. The van der Waals surface area contributed by atoms with Gasteiger partial charge in [-0.05, 0) is 18.1 Å². The second-order valence-corrected chi connectivity index (χ2v) is 3.88. The van der Waals surface area contributed by atoms with E-state index in [0.29, 0.717) is 18.9 Å². The van der Waals surface area contributed by atoms with Gasteiger partial charge in [-0.1, -0.05) is 6.07 Å². The molecule has 1 atom stereocenters. The number of ether oxygens (including phenoxy) is 1. The number of aromatic nitrogens is 1. The third-order valence-electron chi connectivity index (χ3n) is 2.76. The fourth-order valence-electron chi connectivity index (χ4n) is 1.97. The van der Waals surface area contributed by atoms with Gasteiger partial charge < -0.3 is 14.9 Å². The molecule has 0 aromatic carbocycles. The van der Waals surface area contributed by atoms with Crippen molar-refractivity contribution >= 4 is 11.9 Å². The normalized spacial score (nSPS) is 19.2. The van der Waals surface area contributed by atoms with Gasteiger partial charge in [-0.25, -0.2) is 9.78 Å². The first-order valence-electron chi connectivity index (χ1n) is 5.39. The molecule has 0 aliphatic carbocycles. The van der Waals surface area contributed by atoms with Crippen molar-refractivity contribution in [1.82, 2.24) is 4.98 Å². The molecule has 92 valence electrons. The minimum absolute atomic E-state index is 0.207. The Balaban J connectivity index is 2.24. The summed E-state index contributed by atoms with van der Waals surface area (Å²) in [6, 6.07) is 3.39. The average molecular weight is 238 g/mol. The molecule has 1 aromatic rings. The number of aliphatic hydroxyl groups excluding tert-OH is 1. The Hall–Kier alpha value is -1.66. The summed E-state index contributed by atoms with van der Waals surface area (Å²) >= 11 is 0. The largest absolute Gasteiger partial charge is 0.465 e. The van der Waals surface area contributed by atoms with Gasteiger partial charge in [-0.2, -0.15) is 0 Å². The van der Waals surface area contributed by atoms with Gasteiger partial charge in [-0.15, -0.1) is 0 Å². The highest BCUT2D eigenvalue weighted by atomic mass is 16.5. The van der Waals surface area contributed by atoms with Crippen LogP contribution in [0.5, 0.6) is 0 Å². The van der Waals surface area contributed by atoms with Gasteiger partial charge in [0.15, 0.2) is 0 Å². The number of carboxylic acid groups (broad SMARTS) is 1. The standard InChI is InChI=1S/C11H14N2O4/c14-5-9-8(7-3-4-17-6-7)1-2-10(12-9)13-11(15)16/h1-2,7,14H,3-6H2,(H,12,13)(H,15,16). The summed E-state index contributed by atoms with van der Waals surface area (Å²) in [7, 11) is 0. The van der Waals surface area contributed by atoms with Crippen LogP contribution in [-0.4, -0.2) is 34.5 Å². The van der Waals surface area contributed by atoms with Crippen molar-refractivity contribution in [3.8, 4) is 0 Å². The lowest BCUT2D eigenvalue weighted by Crippen LogP contribution is -2.12. The van der Waals surface area contributed by atoms with Crippen molar-refractivity contribution in [3.05, 3.63) is 23.4 Å². The van der Waals surface area contributed by atoms with Crippen LogP contribution in [-0.2, 0) is 11.3 Å². The summed E-state index contributed by atoms with van der Waals surface area (Å²) in [4.78, 5) is 14.6. The molecule has 1 aromatic heterocycles. The summed E-state index contributed by atoms with van der Waals surface area (Å²) in [5.74, 6) is 0.466. The van der Waals surface area contributed by atoms with E-state index in [1.807, 2.05) is 0 Å². The molecule has 1 aliphatic heterocycles. The van der Waals surface area contributed by atoms with Gasteiger partial charge in [0.05, 0.1) is 18.9 Å². The van der Waals surface area contributed by atoms with Crippen molar-refractivity contribution in [2.24, 2.45) is 0 Å². The highest BCUT2D eigenvalue weighted by Gasteiger charge is 2.21. The van der Waals surface area contributed by atoms with Gasteiger partial charge >= 0.3 is 6.09 Å². The Bertz CT molecular complexity index is 416. The van der Waals surface area contributed by atoms with Crippen LogP contribution in [0.15, 0.2) is 12.1 Å². The van der Waals surface area contributed by atoms with E-state index in [1.54, 1.807) is 12.1 Å². The Labute approximate surface area is 98.2 Å². The summed E-state index contributed by atoms with van der Waals surface area (Å²) < 4.78 is 5.29. The van der Waals surface area contributed by atoms with Crippen LogP contribution in [0.25, 0.3) is 0 Å². The van der Waals surface area contributed by atoms with Crippen LogP contribution in [0.2, 0.25) is 0 Å². The number of nitrogens with one attached hydrogen (secondary N) is 1. The van der Waals surface area contributed by atoms with Crippen LogP contribution in [0.4, 0.5) is 10.6 Å². The van der Waals surface area contributed by atoms with E-state index in [4.69, 9.17) is 9.84 Å². The zero-order valence-electron chi connectivity index (χ0n) is 9.22. The molecule has 2 heterocycles. The molecule has 2 rings (SSSR count). The minimum Gasteiger partial charge on any atom is -0.465 e.